The molecule has 1 aromatic heterocycles. The average Bonchev–Trinajstić information content (AvgIpc) is 3.07. The number of halogens is 2. The first-order valence-corrected chi connectivity index (χ1v) is 8.88. The third kappa shape index (κ3) is 3.13. The van der Waals surface area contributed by atoms with Gasteiger partial charge in [0, 0.05) is 21.7 Å². The molecule has 1 aliphatic heterocycles. The highest BCUT2D eigenvalue weighted by Crippen LogP contribution is 2.38. The summed E-state index contributed by atoms with van der Waals surface area (Å²) in [5.41, 5.74) is 0.202. The van der Waals surface area contributed by atoms with Crippen LogP contribution in [0.2, 0.25) is 0 Å². The minimum absolute atomic E-state index is 0.00595. The van der Waals surface area contributed by atoms with Gasteiger partial charge in [-0.2, -0.15) is 0 Å². The summed E-state index contributed by atoms with van der Waals surface area (Å²) >= 11 is 4.40. The molecule has 26 heavy (non-hydrogen) atoms. The van der Waals surface area contributed by atoms with Crippen LogP contribution in [0.25, 0.3) is 0 Å². The molecule has 1 aromatic carbocycles. The summed E-state index contributed by atoms with van der Waals surface area (Å²) in [7, 11) is 0. The molecule has 1 aliphatic rings. The predicted octanol–water partition coefficient (Wildman–Crippen LogP) is 3.88. The number of aromatic nitrogens is 1. The number of amidine groups is 1. The Morgan fingerprint density at radius 3 is 2.62 bits per heavy atom. The second kappa shape index (κ2) is 6.96. The number of carbonyl (C=O) groups is 2. The molecule has 0 aliphatic carbocycles. The molecule has 1 atom stereocenters. The van der Waals surface area contributed by atoms with Gasteiger partial charge in [-0.25, -0.2) is 23.9 Å². The summed E-state index contributed by atoms with van der Waals surface area (Å²) in [6.07, 6.45) is 0.128. The number of carboxylic acid groups (broad SMARTS) is 2. The molecule has 0 spiro atoms. The highest BCUT2D eigenvalue weighted by molar-refractivity contribution is 9.10. The van der Waals surface area contributed by atoms with Gasteiger partial charge in [-0.05, 0) is 24.6 Å². The Morgan fingerprint density at radius 1 is 1.35 bits per heavy atom. The van der Waals surface area contributed by atoms with Crippen molar-refractivity contribution in [3.63, 3.8) is 0 Å². The van der Waals surface area contributed by atoms with Crippen LogP contribution >= 0.6 is 27.3 Å². The smallest absolute Gasteiger partial charge is 0.417 e. The first-order valence-electron chi connectivity index (χ1n) is 7.21. The van der Waals surface area contributed by atoms with E-state index in [2.05, 4.69) is 25.9 Å². The second-order valence-corrected chi connectivity index (χ2v) is 7.03. The molecule has 0 fully saturated rings. The Labute approximate surface area is 159 Å². The Bertz CT molecular complexity index is 958. The van der Waals surface area contributed by atoms with Gasteiger partial charge in [0.25, 0.3) is 0 Å². The number of rotatable bonds is 3. The van der Waals surface area contributed by atoms with Gasteiger partial charge >= 0.3 is 12.1 Å². The zero-order valence-electron chi connectivity index (χ0n) is 13.2. The van der Waals surface area contributed by atoms with E-state index in [-0.39, 0.29) is 17.1 Å². The van der Waals surface area contributed by atoms with E-state index in [1.54, 1.807) is 5.38 Å². The summed E-state index contributed by atoms with van der Waals surface area (Å²) in [4.78, 5) is 32.8. The third-order valence-electron chi connectivity index (χ3n) is 3.76. The summed E-state index contributed by atoms with van der Waals surface area (Å²) in [5.74, 6) is -1.78. The fourth-order valence-corrected chi connectivity index (χ4v) is 3.85. The maximum atomic E-state index is 13.4. The Hall–Kier alpha value is -2.59. The van der Waals surface area contributed by atoms with Crippen LogP contribution in [0, 0.1) is 5.82 Å². The van der Waals surface area contributed by atoms with Crippen molar-refractivity contribution in [1.29, 1.82) is 0 Å². The van der Waals surface area contributed by atoms with Gasteiger partial charge in [0.2, 0.25) is 0 Å². The summed E-state index contributed by atoms with van der Waals surface area (Å²) in [6.45, 7) is 1.39. The normalized spacial score (nSPS) is 17.3. The number of carboxylic acids is 1. The van der Waals surface area contributed by atoms with Crippen LogP contribution in [0.1, 0.15) is 23.5 Å². The molecule has 0 saturated carbocycles. The summed E-state index contributed by atoms with van der Waals surface area (Å²) in [5, 5.41) is 21.2. The number of hydrogen-bond donors (Lipinski definition) is 2. The van der Waals surface area contributed by atoms with Gasteiger partial charge in [0.1, 0.15) is 11.9 Å². The van der Waals surface area contributed by atoms with Crippen LogP contribution in [-0.2, 0) is 4.79 Å². The zero-order valence-corrected chi connectivity index (χ0v) is 15.6. The molecule has 7 nitrogen and oxygen atoms in total. The molecule has 134 valence electrons. The van der Waals surface area contributed by atoms with E-state index in [1.165, 1.54) is 42.7 Å². The number of amides is 1. The molecule has 3 rings (SSSR count). The number of benzene rings is 1. The predicted molar refractivity (Wildman–Crippen MR) is 95.7 cm³/mol. The lowest BCUT2D eigenvalue weighted by molar-refractivity contribution is -0.133. The Morgan fingerprint density at radius 2 is 2.08 bits per heavy atom. The summed E-state index contributed by atoms with van der Waals surface area (Å²) < 4.78 is 13.8. The van der Waals surface area contributed by atoms with Gasteiger partial charge in [-0.1, -0.05) is 22.0 Å². The SMILES string of the molecule is CC1=C(C(=O)O)C(c2ccc(F)cc2Br)N=C(c2nccs2)N1C(=O)O. The molecule has 0 radical (unpaired) electrons. The molecule has 0 bridgehead atoms. The maximum Gasteiger partial charge on any atom is 0.417 e. The molecule has 2 aromatic rings. The third-order valence-corrected chi connectivity index (χ3v) is 5.22. The van der Waals surface area contributed by atoms with Gasteiger partial charge in [0.05, 0.1) is 5.57 Å². The number of aliphatic carboxylic acids is 1. The maximum absolute atomic E-state index is 13.4. The molecule has 1 unspecified atom stereocenters. The van der Waals surface area contributed by atoms with Crippen LogP contribution in [0.4, 0.5) is 9.18 Å². The van der Waals surface area contributed by atoms with Gasteiger partial charge in [-0.3, -0.25) is 4.99 Å². The summed E-state index contributed by atoms with van der Waals surface area (Å²) in [6, 6.07) is 2.79. The van der Waals surface area contributed by atoms with Crippen LogP contribution in [-0.4, -0.2) is 38.0 Å². The van der Waals surface area contributed by atoms with Gasteiger partial charge in [-0.15, -0.1) is 11.3 Å². The van der Waals surface area contributed by atoms with E-state index in [4.69, 9.17) is 0 Å². The van der Waals surface area contributed by atoms with E-state index in [0.29, 0.717) is 15.0 Å². The average molecular weight is 440 g/mol. The van der Waals surface area contributed by atoms with Crippen LogP contribution in [0.5, 0.6) is 0 Å². The lowest BCUT2D eigenvalue weighted by Crippen LogP contribution is -2.40. The van der Waals surface area contributed by atoms with Crippen molar-refractivity contribution in [1.82, 2.24) is 9.88 Å². The van der Waals surface area contributed by atoms with Crippen molar-refractivity contribution in [2.75, 3.05) is 0 Å². The highest BCUT2D eigenvalue weighted by atomic mass is 79.9. The lowest BCUT2D eigenvalue weighted by Gasteiger charge is -2.30. The fraction of sp³-hybridized carbons (Fsp3) is 0.125. The number of hydrogen-bond acceptors (Lipinski definition) is 5. The largest absolute Gasteiger partial charge is 0.478 e. The minimum Gasteiger partial charge on any atom is -0.478 e. The molecular formula is C16H11BrFN3O4S. The van der Waals surface area contributed by atoms with Gasteiger partial charge in [0.15, 0.2) is 10.8 Å². The highest BCUT2D eigenvalue weighted by Gasteiger charge is 2.38. The van der Waals surface area contributed by atoms with E-state index < -0.39 is 23.9 Å². The topological polar surface area (TPSA) is 103 Å². The van der Waals surface area contributed by atoms with Gasteiger partial charge < -0.3 is 10.2 Å². The molecule has 0 saturated heterocycles. The fourth-order valence-electron chi connectivity index (χ4n) is 2.66. The second-order valence-electron chi connectivity index (χ2n) is 5.28. The van der Waals surface area contributed by atoms with Crippen molar-refractivity contribution >= 4 is 45.2 Å². The van der Waals surface area contributed by atoms with Crippen molar-refractivity contribution in [3.8, 4) is 0 Å². The van der Waals surface area contributed by atoms with E-state index >= 15 is 0 Å². The van der Waals surface area contributed by atoms with Crippen LogP contribution < -0.4 is 0 Å². The standard InChI is InChI=1S/C16H11BrFN3O4S/c1-7-11(15(22)23)12(9-3-2-8(18)6-10(9)17)20-13(21(7)16(24)25)14-19-4-5-26-14/h2-6,12H,1H3,(H,22,23)(H,24,25). The van der Waals surface area contributed by atoms with Crippen molar-refractivity contribution in [2.45, 2.75) is 13.0 Å². The number of aliphatic imine (C=N–C) groups is 1. The number of thiazole rings is 1. The number of allylic oxidation sites excluding steroid dienone is 1. The molecule has 10 heteroatoms. The van der Waals surface area contributed by atoms with E-state index in [0.717, 1.165) is 4.90 Å². The quantitative estimate of drug-likeness (QED) is 0.754. The molecular weight excluding hydrogens is 429 g/mol. The van der Waals surface area contributed by atoms with Crippen LogP contribution in [0.15, 0.2) is 50.5 Å². The van der Waals surface area contributed by atoms with E-state index in [9.17, 15) is 24.2 Å². The first-order chi connectivity index (χ1) is 12.3. The molecule has 1 amide bonds. The van der Waals surface area contributed by atoms with Crippen molar-refractivity contribution in [2.24, 2.45) is 4.99 Å². The van der Waals surface area contributed by atoms with E-state index in [1.807, 2.05) is 0 Å². The Kier molecular flexibility index (Phi) is 4.88. The first kappa shape index (κ1) is 18.2. The minimum atomic E-state index is -1.37. The van der Waals surface area contributed by atoms with Crippen LogP contribution in [0.3, 0.4) is 0 Å². The zero-order chi connectivity index (χ0) is 19.0. The monoisotopic (exact) mass is 439 g/mol. The number of nitrogens with zero attached hydrogens (tertiary/aromatic N) is 3. The molecule has 2 N–H and O–H groups in total. The molecule has 2 heterocycles. The van der Waals surface area contributed by atoms with Crippen molar-refractivity contribution < 1.29 is 24.2 Å². The Balaban J connectivity index is 2.26. The lowest BCUT2D eigenvalue weighted by atomic mass is 9.95. The van der Waals surface area contributed by atoms with Crippen molar-refractivity contribution in [3.05, 3.63) is 61.9 Å².